The van der Waals surface area contributed by atoms with Gasteiger partial charge in [-0.3, -0.25) is 0 Å². The first-order valence-corrected chi connectivity index (χ1v) is 2.96. The minimum atomic E-state index is 1.25. The molecule has 0 unspecified atom stereocenters. The summed E-state index contributed by atoms with van der Waals surface area (Å²) in [5.41, 5.74) is 3.91. The number of hydrogen-bond donors (Lipinski definition) is 0. The maximum Gasteiger partial charge on any atom is -0.0206 e. The number of allylic oxidation sites excluding steroid dienone is 5. The summed E-state index contributed by atoms with van der Waals surface area (Å²) in [4.78, 5) is 0. The van der Waals surface area contributed by atoms with Gasteiger partial charge in [-0.1, -0.05) is 30.4 Å². The van der Waals surface area contributed by atoms with Crippen LogP contribution in [0.3, 0.4) is 0 Å². The Hall–Kier alpha value is -1.00. The Morgan fingerprint density at radius 1 is 1.56 bits per heavy atom. The van der Waals surface area contributed by atoms with Gasteiger partial charge < -0.3 is 0 Å². The van der Waals surface area contributed by atoms with Crippen LogP contribution in [0.2, 0.25) is 0 Å². The topological polar surface area (TPSA) is 0 Å². The Morgan fingerprint density at radius 2 is 2.22 bits per heavy atom. The Balaban J connectivity index is 3.85. The van der Waals surface area contributed by atoms with E-state index in [0.29, 0.717) is 0 Å². The fraction of sp³-hybridized carbons (Fsp3) is 0.222. The van der Waals surface area contributed by atoms with Crippen molar-refractivity contribution in [1.82, 2.24) is 0 Å². The van der Waals surface area contributed by atoms with Gasteiger partial charge >= 0.3 is 0 Å². The van der Waals surface area contributed by atoms with Crippen LogP contribution in [0, 0.1) is 0 Å². The first-order chi connectivity index (χ1) is 4.31. The van der Waals surface area contributed by atoms with Crippen LogP contribution >= 0.6 is 0 Å². The van der Waals surface area contributed by atoms with Crippen LogP contribution in [0.4, 0.5) is 0 Å². The van der Waals surface area contributed by atoms with Crippen molar-refractivity contribution >= 4 is 0 Å². The summed E-state index contributed by atoms with van der Waals surface area (Å²) in [5.74, 6) is 0. The molecule has 0 aromatic rings. The highest BCUT2D eigenvalue weighted by atomic mass is 13.8. The summed E-state index contributed by atoms with van der Waals surface area (Å²) in [7, 11) is 0. The summed E-state index contributed by atoms with van der Waals surface area (Å²) in [5, 5.41) is 0. The van der Waals surface area contributed by atoms with Crippen LogP contribution in [0.15, 0.2) is 42.2 Å². The van der Waals surface area contributed by atoms with Crippen LogP contribution in [0.5, 0.6) is 0 Å². The second kappa shape index (κ2) is 5.14. The van der Waals surface area contributed by atoms with E-state index in [4.69, 9.17) is 0 Å². The highest BCUT2D eigenvalue weighted by Gasteiger charge is 1.71. The molecule has 0 saturated heterocycles. The number of hydrogen-bond acceptors (Lipinski definition) is 0. The monoisotopic (exact) mass is 120 g/mol. The molecule has 0 bridgehead atoms. The van der Waals surface area contributed by atoms with Gasteiger partial charge in [0, 0.05) is 0 Å². The fourth-order valence-electron chi connectivity index (χ4n) is 0.364. The molecule has 0 aromatic carbocycles. The maximum absolute atomic E-state index is 3.43. The second-order valence-electron chi connectivity index (χ2n) is 1.76. The lowest BCUT2D eigenvalue weighted by Crippen LogP contribution is -1.61. The Morgan fingerprint density at radius 3 is 2.67 bits per heavy atom. The van der Waals surface area contributed by atoms with Crippen molar-refractivity contribution in [3.8, 4) is 0 Å². The average Bonchev–Trinajstić information content (AvgIpc) is 1.89. The van der Waals surface area contributed by atoms with E-state index >= 15 is 0 Å². The van der Waals surface area contributed by atoms with Crippen LogP contribution in [-0.2, 0) is 0 Å². The highest BCUT2D eigenvalue weighted by molar-refractivity contribution is 5.18. The van der Waals surface area contributed by atoms with E-state index < -0.39 is 0 Å². The number of rotatable bonds is 2. The molecule has 9 heavy (non-hydrogen) atoms. The zero-order valence-corrected chi connectivity index (χ0v) is 6.02. The van der Waals surface area contributed by atoms with Gasteiger partial charge in [0.25, 0.3) is 0 Å². The predicted octanol–water partition coefficient (Wildman–Crippen LogP) is 2.85. The first-order valence-electron chi connectivity index (χ1n) is 2.96. The molecule has 0 atom stereocenters. The normalized spacial score (nSPS) is 11.6. The zero-order chi connectivity index (χ0) is 7.11. The molecule has 0 N–H and O–H groups in total. The van der Waals surface area contributed by atoms with E-state index in [1.165, 1.54) is 5.57 Å². The predicted molar refractivity (Wildman–Crippen MR) is 42.3 cm³/mol. The molecule has 0 nitrogen and oxygen atoms in total. The molecule has 0 saturated carbocycles. The molecule has 0 fully saturated rings. The molecule has 0 aliphatic carbocycles. The molecular formula is C9H12. The molecule has 0 heteroatoms. The van der Waals surface area contributed by atoms with E-state index in [2.05, 4.69) is 12.3 Å². The van der Waals surface area contributed by atoms with E-state index in [1.807, 2.05) is 32.1 Å². The van der Waals surface area contributed by atoms with Crippen molar-refractivity contribution in [2.24, 2.45) is 0 Å². The van der Waals surface area contributed by atoms with Gasteiger partial charge in [0.15, 0.2) is 0 Å². The molecule has 0 aliphatic rings. The molecule has 48 valence electrons. The lowest BCUT2D eigenvalue weighted by molar-refractivity contribution is 1.48. The highest BCUT2D eigenvalue weighted by Crippen LogP contribution is 1.92. The largest absolute Gasteiger partial charge is 0.129 e. The van der Waals surface area contributed by atoms with Crippen molar-refractivity contribution in [3.63, 3.8) is 0 Å². The van der Waals surface area contributed by atoms with Gasteiger partial charge in [-0.15, -0.1) is 5.73 Å². The fourth-order valence-corrected chi connectivity index (χ4v) is 0.364. The minimum Gasteiger partial charge on any atom is -0.129 e. The molecule has 0 rings (SSSR count). The zero-order valence-electron chi connectivity index (χ0n) is 6.02. The van der Waals surface area contributed by atoms with Crippen molar-refractivity contribution in [2.45, 2.75) is 13.8 Å². The van der Waals surface area contributed by atoms with Crippen molar-refractivity contribution in [2.75, 3.05) is 0 Å². The van der Waals surface area contributed by atoms with E-state index in [1.54, 1.807) is 6.08 Å². The SMILES string of the molecule is C=C=CC=CC(C)=CC. The maximum atomic E-state index is 3.43. The summed E-state index contributed by atoms with van der Waals surface area (Å²) < 4.78 is 0. The van der Waals surface area contributed by atoms with Crippen molar-refractivity contribution in [3.05, 3.63) is 42.2 Å². The Bertz CT molecular complexity index is 164. The molecular weight excluding hydrogens is 108 g/mol. The molecule has 0 aliphatic heterocycles. The lowest BCUT2D eigenvalue weighted by atomic mass is 10.3. The average molecular weight is 120 g/mol. The van der Waals surface area contributed by atoms with E-state index in [9.17, 15) is 0 Å². The third-order valence-electron chi connectivity index (χ3n) is 1.03. The molecule has 0 amide bonds. The van der Waals surface area contributed by atoms with Crippen molar-refractivity contribution in [1.29, 1.82) is 0 Å². The van der Waals surface area contributed by atoms with Crippen LogP contribution in [-0.4, -0.2) is 0 Å². The first kappa shape index (κ1) is 8.00. The standard InChI is InChI=1S/C9H12/c1-4-6-7-8-9(3)5-2/h5-8H,1H2,2-3H3. The second-order valence-corrected chi connectivity index (χ2v) is 1.76. The van der Waals surface area contributed by atoms with Gasteiger partial charge in [-0.2, -0.15) is 0 Å². The quantitative estimate of drug-likeness (QED) is 0.388. The molecule has 0 heterocycles. The van der Waals surface area contributed by atoms with Gasteiger partial charge in [-0.25, -0.2) is 0 Å². The summed E-state index contributed by atoms with van der Waals surface area (Å²) in [6.07, 6.45) is 7.76. The third-order valence-corrected chi connectivity index (χ3v) is 1.03. The molecule has 0 radical (unpaired) electrons. The van der Waals surface area contributed by atoms with Gasteiger partial charge in [0.2, 0.25) is 0 Å². The minimum absolute atomic E-state index is 1.25. The Labute approximate surface area is 56.9 Å². The van der Waals surface area contributed by atoms with Gasteiger partial charge in [0.1, 0.15) is 0 Å². The lowest BCUT2D eigenvalue weighted by Gasteiger charge is -1.82. The summed E-state index contributed by atoms with van der Waals surface area (Å²) >= 11 is 0. The Kier molecular flexibility index (Phi) is 4.57. The van der Waals surface area contributed by atoms with E-state index in [0.717, 1.165) is 0 Å². The van der Waals surface area contributed by atoms with Gasteiger partial charge in [0.05, 0.1) is 0 Å². The van der Waals surface area contributed by atoms with Crippen molar-refractivity contribution < 1.29 is 0 Å². The smallest absolute Gasteiger partial charge is 0.0206 e. The van der Waals surface area contributed by atoms with Crippen LogP contribution in [0.1, 0.15) is 13.8 Å². The molecule has 0 spiro atoms. The van der Waals surface area contributed by atoms with Crippen LogP contribution in [0.25, 0.3) is 0 Å². The summed E-state index contributed by atoms with van der Waals surface area (Å²) in [6.45, 7) is 7.49. The molecule has 0 aromatic heterocycles. The third kappa shape index (κ3) is 4.86. The van der Waals surface area contributed by atoms with E-state index in [-0.39, 0.29) is 0 Å². The summed E-state index contributed by atoms with van der Waals surface area (Å²) in [6, 6.07) is 0. The van der Waals surface area contributed by atoms with Gasteiger partial charge in [-0.05, 0) is 19.9 Å². The van der Waals surface area contributed by atoms with Crippen LogP contribution < -0.4 is 0 Å².